The van der Waals surface area contributed by atoms with E-state index in [-0.39, 0.29) is 17.9 Å². The molecule has 2 aromatic rings. The van der Waals surface area contributed by atoms with Gasteiger partial charge in [-0.05, 0) is 94.2 Å². The third-order valence-corrected chi connectivity index (χ3v) is 7.17. The number of hydrogen-bond donors (Lipinski definition) is 3. The summed E-state index contributed by atoms with van der Waals surface area (Å²) in [5.74, 6) is 1.09. The van der Waals surface area contributed by atoms with Crippen molar-refractivity contribution in [1.82, 2.24) is 15.5 Å². The number of benzene rings is 1. The van der Waals surface area contributed by atoms with Crippen molar-refractivity contribution in [1.29, 1.82) is 0 Å². The summed E-state index contributed by atoms with van der Waals surface area (Å²) in [6.45, 7) is 3.98. The highest BCUT2D eigenvalue weighted by atomic mass is 16.6. The van der Waals surface area contributed by atoms with Crippen LogP contribution in [0.1, 0.15) is 56.3 Å². The Bertz CT molecular complexity index is 956. The summed E-state index contributed by atoms with van der Waals surface area (Å²) in [6, 6.07) is 7.25. The predicted molar refractivity (Wildman–Crippen MR) is 122 cm³/mol. The average Bonchev–Trinajstić information content (AvgIpc) is 3.66. The van der Waals surface area contributed by atoms with E-state index in [2.05, 4.69) is 20.8 Å². The number of nitrogens with one attached hydrogen (secondary N) is 3. The lowest BCUT2D eigenvalue weighted by molar-refractivity contribution is -0.119. The van der Waals surface area contributed by atoms with Gasteiger partial charge in [0.25, 0.3) is 0 Å². The molecule has 1 aromatic heterocycles. The molecule has 1 aromatic carbocycles. The first kappa shape index (κ1) is 21.0. The number of aromatic amines is 1. The van der Waals surface area contributed by atoms with Gasteiger partial charge in [-0.3, -0.25) is 9.89 Å². The molecule has 3 saturated carbocycles. The Morgan fingerprint density at radius 1 is 1.03 bits per heavy atom. The first-order valence-corrected chi connectivity index (χ1v) is 11.9. The van der Waals surface area contributed by atoms with Crippen molar-refractivity contribution < 1.29 is 14.3 Å². The smallest absolute Gasteiger partial charge is 0.408 e. The Labute approximate surface area is 188 Å². The Hall–Kier alpha value is -2.83. The summed E-state index contributed by atoms with van der Waals surface area (Å²) in [6.07, 6.45) is 7.05. The first-order valence-electron chi connectivity index (χ1n) is 11.9. The lowest BCUT2D eigenvalue weighted by Gasteiger charge is -2.30. The number of anilines is 1. The predicted octanol–water partition coefficient (Wildman–Crippen LogP) is 4.72. The number of ether oxygens (including phenoxy) is 1. The minimum Gasteiger partial charge on any atom is -0.446 e. The number of rotatable bonds is 8. The fraction of sp³-hybridized carbons (Fsp3) is 0.560. The number of H-pyrrole nitrogens is 1. The molecular formula is C25H32N4O3. The molecule has 0 saturated heterocycles. The topological polar surface area (TPSA) is 96.1 Å². The molecule has 7 heteroatoms. The quantitative estimate of drug-likeness (QED) is 0.558. The van der Waals surface area contributed by atoms with E-state index in [0.29, 0.717) is 11.8 Å². The highest BCUT2D eigenvalue weighted by Gasteiger charge is 2.48. The second kappa shape index (κ2) is 8.60. The molecule has 0 bridgehead atoms. The van der Waals surface area contributed by atoms with Crippen LogP contribution < -0.4 is 10.6 Å². The number of carbonyl (C=O) groups is 2. The van der Waals surface area contributed by atoms with E-state index < -0.39 is 12.1 Å². The Kier molecular flexibility index (Phi) is 5.66. The van der Waals surface area contributed by atoms with Gasteiger partial charge >= 0.3 is 6.09 Å². The summed E-state index contributed by atoms with van der Waals surface area (Å²) in [4.78, 5) is 25.9. The Morgan fingerprint density at radius 3 is 2.19 bits per heavy atom. The van der Waals surface area contributed by atoms with Crippen molar-refractivity contribution >= 4 is 17.7 Å². The summed E-state index contributed by atoms with van der Waals surface area (Å²) in [7, 11) is 0. The van der Waals surface area contributed by atoms with Crippen LogP contribution in [0, 0.1) is 31.6 Å². The van der Waals surface area contributed by atoms with Crippen LogP contribution in [0.15, 0.2) is 24.3 Å². The minimum absolute atomic E-state index is 0.00129. The fourth-order valence-corrected chi connectivity index (χ4v) is 4.95. The monoisotopic (exact) mass is 436 g/mol. The summed E-state index contributed by atoms with van der Waals surface area (Å²) in [5.41, 5.74) is 4.83. The van der Waals surface area contributed by atoms with Crippen LogP contribution in [0.25, 0.3) is 11.1 Å². The van der Waals surface area contributed by atoms with Crippen molar-refractivity contribution in [2.75, 3.05) is 5.32 Å². The average molecular weight is 437 g/mol. The lowest BCUT2D eigenvalue weighted by atomic mass is 9.88. The number of aryl methyl sites for hydroxylation is 2. The molecule has 3 aliphatic rings. The van der Waals surface area contributed by atoms with E-state index in [4.69, 9.17) is 4.74 Å². The van der Waals surface area contributed by atoms with Crippen molar-refractivity contribution in [3.8, 4) is 11.1 Å². The Morgan fingerprint density at radius 2 is 1.69 bits per heavy atom. The van der Waals surface area contributed by atoms with Gasteiger partial charge in [0.1, 0.15) is 12.1 Å². The molecule has 3 aliphatic carbocycles. The fourth-order valence-electron chi connectivity index (χ4n) is 4.95. The molecule has 1 atom stereocenters. The number of nitrogens with zero attached hydrogens (tertiary/aromatic N) is 1. The third-order valence-electron chi connectivity index (χ3n) is 7.17. The largest absolute Gasteiger partial charge is 0.446 e. The molecule has 0 aliphatic heterocycles. The maximum atomic E-state index is 13.3. The summed E-state index contributed by atoms with van der Waals surface area (Å²) < 4.78 is 5.51. The van der Waals surface area contributed by atoms with Crippen LogP contribution in [-0.4, -0.2) is 34.3 Å². The van der Waals surface area contributed by atoms with Crippen LogP contribution >= 0.6 is 0 Å². The normalized spacial score (nSPS) is 19.3. The SMILES string of the molecule is Cc1n[nH]c(C)c1-c1ccc(NC(=O)C(NC(=O)OC2CCC2)C(C2CC2)C2CC2)cc1. The van der Waals surface area contributed by atoms with Gasteiger partial charge in [0.2, 0.25) is 5.91 Å². The molecule has 5 rings (SSSR count). The van der Waals surface area contributed by atoms with E-state index >= 15 is 0 Å². The highest BCUT2D eigenvalue weighted by Crippen LogP contribution is 2.51. The van der Waals surface area contributed by atoms with Crippen LogP contribution in [0.2, 0.25) is 0 Å². The second-order valence-corrected chi connectivity index (χ2v) is 9.71. The van der Waals surface area contributed by atoms with Gasteiger partial charge in [-0.15, -0.1) is 0 Å². The Balaban J connectivity index is 1.30. The molecule has 3 fully saturated rings. The van der Waals surface area contributed by atoms with E-state index in [1.165, 1.54) is 0 Å². The van der Waals surface area contributed by atoms with Crippen molar-refractivity contribution in [3.63, 3.8) is 0 Å². The van der Waals surface area contributed by atoms with Gasteiger partial charge in [-0.25, -0.2) is 4.79 Å². The number of hydrogen-bond acceptors (Lipinski definition) is 4. The van der Waals surface area contributed by atoms with Crippen molar-refractivity contribution in [2.24, 2.45) is 17.8 Å². The molecule has 1 unspecified atom stereocenters. The molecular weight excluding hydrogens is 404 g/mol. The molecule has 0 spiro atoms. The van der Waals surface area contributed by atoms with Crippen LogP contribution in [0.4, 0.5) is 10.5 Å². The zero-order valence-electron chi connectivity index (χ0n) is 18.8. The van der Waals surface area contributed by atoms with Gasteiger partial charge in [-0.1, -0.05) is 12.1 Å². The van der Waals surface area contributed by atoms with Gasteiger partial charge in [0, 0.05) is 16.9 Å². The van der Waals surface area contributed by atoms with E-state index in [9.17, 15) is 9.59 Å². The molecule has 7 nitrogen and oxygen atoms in total. The second-order valence-electron chi connectivity index (χ2n) is 9.71. The zero-order chi connectivity index (χ0) is 22.2. The zero-order valence-corrected chi connectivity index (χ0v) is 18.8. The van der Waals surface area contributed by atoms with Crippen LogP contribution in [0.3, 0.4) is 0 Å². The van der Waals surface area contributed by atoms with Crippen molar-refractivity contribution in [3.05, 3.63) is 35.7 Å². The van der Waals surface area contributed by atoms with E-state index in [1.54, 1.807) is 0 Å². The number of carbonyl (C=O) groups excluding carboxylic acids is 2. The van der Waals surface area contributed by atoms with E-state index in [1.807, 2.05) is 38.1 Å². The molecule has 1 heterocycles. The number of alkyl carbamates (subject to hydrolysis) is 1. The van der Waals surface area contributed by atoms with Crippen LogP contribution in [0.5, 0.6) is 0 Å². The van der Waals surface area contributed by atoms with Gasteiger partial charge < -0.3 is 15.4 Å². The molecule has 32 heavy (non-hydrogen) atoms. The number of amides is 2. The van der Waals surface area contributed by atoms with Gasteiger partial charge in [-0.2, -0.15) is 5.10 Å². The highest BCUT2D eigenvalue weighted by molar-refractivity contribution is 5.97. The molecule has 0 radical (unpaired) electrons. The molecule has 3 N–H and O–H groups in total. The summed E-state index contributed by atoms with van der Waals surface area (Å²) >= 11 is 0. The third kappa shape index (κ3) is 4.52. The number of aromatic nitrogens is 2. The maximum Gasteiger partial charge on any atom is 0.408 e. The first-order chi connectivity index (χ1) is 15.5. The maximum absolute atomic E-state index is 13.3. The summed E-state index contributed by atoms with van der Waals surface area (Å²) in [5, 5.41) is 13.3. The van der Waals surface area contributed by atoms with Crippen molar-refractivity contribution in [2.45, 2.75) is 70.9 Å². The van der Waals surface area contributed by atoms with E-state index in [0.717, 1.165) is 73.1 Å². The lowest BCUT2D eigenvalue weighted by Crippen LogP contribution is -2.51. The van der Waals surface area contributed by atoms with Gasteiger partial charge in [0.05, 0.1) is 5.69 Å². The minimum atomic E-state index is -0.555. The molecule has 170 valence electrons. The van der Waals surface area contributed by atoms with Crippen LogP contribution in [-0.2, 0) is 9.53 Å². The molecule has 2 amide bonds. The van der Waals surface area contributed by atoms with Gasteiger partial charge in [0.15, 0.2) is 0 Å². The standard InChI is InChI=1S/C25H32N4O3/c1-14-21(15(2)29-28-14)16-10-12-19(13-11-16)26-24(30)23(22(17-6-7-17)18-8-9-18)27-25(31)32-20-4-3-5-20/h10-13,17-18,20,22-23H,3-9H2,1-2H3,(H,26,30)(H,27,31)(H,28,29).